The fourth-order valence-corrected chi connectivity index (χ4v) is 1.09. The maximum Gasteiger partial charge on any atom is 0.492 e. The molecule has 0 aliphatic rings. The van der Waals surface area contributed by atoms with E-state index in [1.54, 1.807) is 0 Å². The van der Waals surface area contributed by atoms with E-state index in [1.807, 2.05) is 0 Å². The Morgan fingerprint density at radius 2 is 2.08 bits per heavy atom. The third-order valence-electron chi connectivity index (χ3n) is 1.55. The van der Waals surface area contributed by atoms with Gasteiger partial charge in [0.2, 0.25) is 0 Å². The highest BCUT2D eigenvalue weighted by Gasteiger charge is 2.19. The first kappa shape index (κ1) is 10.3. The lowest BCUT2D eigenvalue weighted by atomic mass is 9.79. The molecule has 70 valence electrons. The minimum absolute atomic E-state index is 0.0360. The van der Waals surface area contributed by atoms with Crippen LogP contribution in [0.5, 0.6) is 5.75 Å². The van der Waals surface area contributed by atoms with Crippen molar-refractivity contribution in [3.8, 4) is 5.75 Å². The van der Waals surface area contributed by atoms with Gasteiger partial charge in [-0.25, -0.2) is 4.39 Å². The van der Waals surface area contributed by atoms with E-state index < -0.39 is 12.9 Å². The molecule has 1 aromatic rings. The predicted octanol–water partition coefficient (Wildman–Crippen LogP) is 0.167. The van der Waals surface area contributed by atoms with Gasteiger partial charge in [0, 0.05) is 11.5 Å². The van der Waals surface area contributed by atoms with Gasteiger partial charge in [-0.1, -0.05) is 11.6 Å². The smallest absolute Gasteiger partial charge is 0.492 e. The van der Waals surface area contributed by atoms with Crippen LogP contribution in [0.4, 0.5) is 4.39 Å². The summed E-state index contributed by atoms with van der Waals surface area (Å²) in [7, 11) is -0.429. The van der Waals surface area contributed by atoms with Crippen molar-refractivity contribution >= 4 is 24.2 Å². The highest BCUT2D eigenvalue weighted by atomic mass is 35.5. The van der Waals surface area contributed by atoms with Crippen molar-refractivity contribution in [3.05, 3.63) is 23.0 Å². The van der Waals surface area contributed by atoms with Gasteiger partial charge < -0.3 is 14.8 Å². The Morgan fingerprint density at radius 3 is 2.54 bits per heavy atom. The second kappa shape index (κ2) is 3.96. The number of ether oxygens (including phenoxy) is 1. The second-order valence-electron chi connectivity index (χ2n) is 2.38. The number of hydrogen-bond donors (Lipinski definition) is 2. The van der Waals surface area contributed by atoms with Crippen LogP contribution in [0.1, 0.15) is 0 Å². The highest BCUT2D eigenvalue weighted by molar-refractivity contribution is 6.60. The molecule has 3 nitrogen and oxygen atoms in total. The molecule has 13 heavy (non-hydrogen) atoms. The van der Waals surface area contributed by atoms with E-state index >= 15 is 0 Å². The van der Waals surface area contributed by atoms with Crippen molar-refractivity contribution in [1.82, 2.24) is 0 Å². The van der Waals surface area contributed by atoms with Crippen molar-refractivity contribution in [2.45, 2.75) is 0 Å². The lowest BCUT2D eigenvalue weighted by Gasteiger charge is -2.08. The summed E-state index contributed by atoms with van der Waals surface area (Å²) >= 11 is 5.43. The van der Waals surface area contributed by atoms with E-state index in [4.69, 9.17) is 26.4 Å². The van der Waals surface area contributed by atoms with Crippen LogP contribution in [0.2, 0.25) is 5.02 Å². The van der Waals surface area contributed by atoms with E-state index in [2.05, 4.69) is 0 Å². The second-order valence-corrected chi connectivity index (χ2v) is 2.79. The topological polar surface area (TPSA) is 49.7 Å². The van der Waals surface area contributed by atoms with Crippen LogP contribution >= 0.6 is 11.6 Å². The van der Waals surface area contributed by atoms with Crippen LogP contribution in [0.3, 0.4) is 0 Å². The quantitative estimate of drug-likeness (QED) is 0.675. The zero-order valence-electron chi connectivity index (χ0n) is 6.79. The zero-order chi connectivity index (χ0) is 10.0. The third kappa shape index (κ3) is 2.12. The average Bonchev–Trinajstić information content (AvgIpc) is 2.08. The summed E-state index contributed by atoms with van der Waals surface area (Å²) in [6, 6.07) is 2.11. The lowest BCUT2D eigenvalue weighted by Crippen LogP contribution is -2.31. The summed E-state index contributed by atoms with van der Waals surface area (Å²) in [5.41, 5.74) is 0.0360. The monoisotopic (exact) mass is 204 g/mol. The molecule has 1 aromatic carbocycles. The molecular formula is C7H7BClFO3. The van der Waals surface area contributed by atoms with Gasteiger partial charge >= 0.3 is 7.12 Å². The Bertz CT molecular complexity index is 319. The van der Waals surface area contributed by atoms with Gasteiger partial charge in [0.1, 0.15) is 11.6 Å². The summed E-state index contributed by atoms with van der Waals surface area (Å²) in [4.78, 5) is 0. The first-order valence-corrected chi connectivity index (χ1v) is 3.83. The van der Waals surface area contributed by atoms with Gasteiger partial charge in [0.25, 0.3) is 0 Å². The van der Waals surface area contributed by atoms with Crippen molar-refractivity contribution in [3.63, 3.8) is 0 Å². The zero-order valence-corrected chi connectivity index (χ0v) is 7.55. The molecule has 6 heteroatoms. The van der Waals surface area contributed by atoms with Gasteiger partial charge in [0.05, 0.1) is 12.1 Å². The first-order valence-electron chi connectivity index (χ1n) is 3.45. The standard InChI is InChI=1S/C7H7BClFO3/c1-13-7-3-6(10)5(9)2-4(7)8(11)12/h2-3,11-12H,1H3. The molecule has 0 aliphatic carbocycles. The van der Waals surface area contributed by atoms with Crippen LogP contribution in [0.25, 0.3) is 0 Å². The Balaban J connectivity index is 3.25. The molecule has 0 aliphatic heterocycles. The Morgan fingerprint density at radius 1 is 1.46 bits per heavy atom. The summed E-state index contributed by atoms with van der Waals surface area (Å²) in [5, 5.41) is 17.5. The fourth-order valence-electron chi connectivity index (χ4n) is 0.923. The molecule has 0 radical (unpaired) electrons. The summed E-state index contributed by atoms with van der Waals surface area (Å²) in [6.45, 7) is 0. The SMILES string of the molecule is COc1cc(F)c(Cl)cc1B(O)O. The maximum absolute atomic E-state index is 12.8. The van der Waals surface area contributed by atoms with Gasteiger partial charge in [-0.15, -0.1) is 0 Å². The van der Waals surface area contributed by atoms with E-state index in [1.165, 1.54) is 7.11 Å². The highest BCUT2D eigenvalue weighted by Crippen LogP contribution is 2.18. The summed E-state index contributed by atoms with van der Waals surface area (Å²) in [5.74, 6) is -0.611. The summed E-state index contributed by atoms with van der Waals surface area (Å²) in [6.07, 6.45) is 0. The number of rotatable bonds is 2. The Hall–Kier alpha value is -0.775. The molecular weight excluding hydrogens is 197 g/mol. The van der Waals surface area contributed by atoms with Gasteiger partial charge in [-0.3, -0.25) is 0 Å². The maximum atomic E-state index is 12.8. The largest absolute Gasteiger partial charge is 0.497 e. The first-order chi connectivity index (χ1) is 6.06. The molecule has 0 fully saturated rings. The van der Waals surface area contributed by atoms with E-state index in [-0.39, 0.29) is 16.2 Å². The van der Waals surface area contributed by atoms with E-state index in [0.717, 1.165) is 12.1 Å². The molecule has 0 saturated heterocycles. The fraction of sp³-hybridized carbons (Fsp3) is 0.143. The van der Waals surface area contributed by atoms with Crippen LogP contribution in [0, 0.1) is 5.82 Å². The molecule has 2 N–H and O–H groups in total. The molecule has 0 bridgehead atoms. The van der Waals surface area contributed by atoms with Crippen LogP contribution in [0.15, 0.2) is 12.1 Å². The Labute approximate surface area is 79.9 Å². The molecule has 0 heterocycles. The molecule has 1 rings (SSSR count). The molecule has 0 unspecified atom stereocenters. The van der Waals surface area contributed by atoms with Crippen molar-refractivity contribution in [2.75, 3.05) is 7.11 Å². The minimum atomic E-state index is -1.73. The molecule has 0 amide bonds. The molecule has 0 atom stereocenters. The molecule has 0 aromatic heterocycles. The van der Waals surface area contributed by atoms with Crippen LogP contribution in [-0.4, -0.2) is 24.3 Å². The van der Waals surface area contributed by atoms with E-state index in [9.17, 15) is 4.39 Å². The predicted molar refractivity (Wildman–Crippen MR) is 47.8 cm³/mol. The van der Waals surface area contributed by atoms with Crippen LogP contribution in [-0.2, 0) is 0 Å². The third-order valence-corrected chi connectivity index (χ3v) is 1.84. The lowest BCUT2D eigenvalue weighted by molar-refractivity contribution is 0.401. The van der Waals surface area contributed by atoms with Crippen LogP contribution < -0.4 is 10.2 Å². The molecule has 0 spiro atoms. The Kier molecular flexibility index (Phi) is 3.14. The van der Waals surface area contributed by atoms with Gasteiger partial charge in [-0.2, -0.15) is 0 Å². The number of benzene rings is 1. The normalized spacial score (nSPS) is 9.92. The van der Waals surface area contributed by atoms with Crippen molar-refractivity contribution < 1.29 is 19.2 Å². The van der Waals surface area contributed by atoms with Crippen molar-refractivity contribution in [1.29, 1.82) is 0 Å². The summed E-state index contributed by atoms with van der Waals surface area (Å²) < 4.78 is 17.6. The average molecular weight is 204 g/mol. The van der Waals surface area contributed by atoms with E-state index in [0.29, 0.717) is 0 Å². The number of methoxy groups -OCH3 is 1. The number of hydrogen-bond acceptors (Lipinski definition) is 3. The van der Waals surface area contributed by atoms with Gasteiger partial charge in [-0.05, 0) is 6.07 Å². The molecule has 0 saturated carbocycles. The van der Waals surface area contributed by atoms with Crippen molar-refractivity contribution in [2.24, 2.45) is 0 Å². The minimum Gasteiger partial charge on any atom is -0.497 e. The van der Waals surface area contributed by atoms with Gasteiger partial charge in [0.15, 0.2) is 0 Å². The number of halogens is 2.